The summed E-state index contributed by atoms with van der Waals surface area (Å²) in [6.07, 6.45) is 2.96. The zero-order chi connectivity index (χ0) is 17.9. The van der Waals surface area contributed by atoms with Crippen molar-refractivity contribution < 1.29 is 18.0 Å². The van der Waals surface area contributed by atoms with Crippen molar-refractivity contribution in [3.05, 3.63) is 42.5 Å². The maximum absolute atomic E-state index is 12.5. The lowest BCUT2D eigenvalue weighted by Crippen LogP contribution is -2.39. The number of nitrogens with zero attached hydrogens (tertiary/aromatic N) is 2. The molecule has 0 radical (unpaired) electrons. The molecule has 0 aromatic heterocycles. The smallest absolute Gasteiger partial charge is 0.253 e. The van der Waals surface area contributed by atoms with E-state index in [4.69, 9.17) is 0 Å². The normalized spacial score (nSPS) is 18.2. The van der Waals surface area contributed by atoms with Crippen LogP contribution in [0, 0.1) is 0 Å². The predicted molar refractivity (Wildman–Crippen MR) is 92.2 cm³/mol. The molecule has 1 aliphatic heterocycles. The van der Waals surface area contributed by atoms with Crippen molar-refractivity contribution in [1.29, 1.82) is 0 Å². The number of carbonyl (C=O) groups is 2. The number of hydrogen-bond acceptors (Lipinski definition) is 4. The Morgan fingerprint density at radius 3 is 2.46 bits per heavy atom. The molecule has 1 aliphatic rings. The molecule has 1 N–H and O–H groups in total. The minimum absolute atomic E-state index is 0.146. The number of amides is 2. The number of likely N-dealkylation sites (N-methyl/N-ethyl adjacent to an activating group) is 1. The van der Waals surface area contributed by atoms with Crippen molar-refractivity contribution in [1.82, 2.24) is 9.21 Å². The first-order valence-electron chi connectivity index (χ1n) is 7.48. The Balaban J connectivity index is 2.03. The Morgan fingerprint density at radius 2 is 1.96 bits per heavy atom. The summed E-state index contributed by atoms with van der Waals surface area (Å²) < 4.78 is 24.5. The van der Waals surface area contributed by atoms with Gasteiger partial charge in [-0.05, 0) is 36.8 Å². The van der Waals surface area contributed by atoms with Crippen LogP contribution in [0.4, 0.5) is 5.69 Å². The largest absolute Gasteiger partial charge is 0.337 e. The van der Waals surface area contributed by atoms with Gasteiger partial charge in [0.05, 0.1) is 6.26 Å². The Morgan fingerprint density at radius 1 is 1.33 bits per heavy atom. The second-order valence-electron chi connectivity index (χ2n) is 5.75. The minimum atomic E-state index is -3.23. The monoisotopic (exact) mass is 351 g/mol. The molecule has 1 atom stereocenters. The van der Waals surface area contributed by atoms with Crippen LogP contribution in [0.1, 0.15) is 16.8 Å². The molecule has 2 amide bonds. The molecule has 8 heteroatoms. The molecule has 1 aromatic rings. The summed E-state index contributed by atoms with van der Waals surface area (Å²) in [5.74, 6) is -0.505. The van der Waals surface area contributed by atoms with Gasteiger partial charge < -0.3 is 10.2 Å². The molecular formula is C16H21N3O4S. The molecule has 24 heavy (non-hydrogen) atoms. The lowest BCUT2D eigenvalue weighted by Gasteiger charge is -2.24. The van der Waals surface area contributed by atoms with Gasteiger partial charge >= 0.3 is 0 Å². The number of carbonyl (C=O) groups excluding carboxylic acids is 2. The van der Waals surface area contributed by atoms with Crippen LogP contribution in [0.3, 0.4) is 0 Å². The molecule has 7 nitrogen and oxygen atoms in total. The van der Waals surface area contributed by atoms with E-state index in [1.165, 1.54) is 16.6 Å². The fraction of sp³-hybridized carbons (Fsp3) is 0.375. The Kier molecular flexibility index (Phi) is 5.40. The highest BCUT2D eigenvalue weighted by atomic mass is 32.2. The third-order valence-corrected chi connectivity index (χ3v) is 5.32. The summed E-state index contributed by atoms with van der Waals surface area (Å²) in [6, 6.07) is 6.38. The summed E-state index contributed by atoms with van der Waals surface area (Å²) >= 11 is 0. The maximum Gasteiger partial charge on any atom is 0.253 e. The van der Waals surface area contributed by atoms with Crippen LogP contribution in [-0.4, -0.2) is 61.9 Å². The van der Waals surface area contributed by atoms with E-state index in [2.05, 4.69) is 11.9 Å². The summed E-state index contributed by atoms with van der Waals surface area (Å²) in [5.41, 5.74) is 1.05. The fourth-order valence-electron chi connectivity index (χ4n) is 2.59. The van der Waals surface area contributed by atoms with Crippen LogP contribution < -0.4 is 5.32 Å². The highest BCUT2D eigenvalue weighted by molar-refractivity contribution is 7.88. The van der Waals surface area contributed by atoms with Crippen molar-refractivity contribution in [2.45, 2.75) is 12.5 Å². The Hall–Kier alpha value is -2.19. The van der Waals surface area contributed by atoms with E-state index < -0.39 is 10.0 Å². The SMILES string of the molecule is C=CC(=O)Nc1ccc(C(=O)N(C)C2CCN(S(C)(=O)=O)C2)cc1. The lowest BCUT2D eigenvalue weighted by molar-refractivity contribution is -0.111. The Labute approximate surface area is 142 Å². The van der Waals surface area contributed by atoms with Crippen LogP contribution >= 0.6 is 0 Å². The van der Waals surface area contributed by atoms with Gasteiger partial charge in [0, 0.05) is 37.4 Å². The average Bonchev–Trinajstić information content (AvgIpc) is 3.04. The standard InChI is InChI=1S/C16H21N3O4S/c1-4-15(20)17-13-7-5-12(6-8-13)16(21)18(2)14-9-10-19(11-14)24(3,22)23/h4-8,14H,1,9-11H2,2-3H3,(H,17,20). The van der Waals surface area contributed by atoms with Crippen LogP contribution in [0.5, 0.6) is 0 Å². The van der Waals surface area contributed by atoms with Gasteiger partial charge in [-0.25, -0.2) is 12.7 Å². The van der Waals surface area contributed by atoms with E-state index in [0.717, 1.165) is 0 Å². The predicted octanol–water partition coefficient (Wildman–Crippen LogP) is 0.917. The molecule has 0 spiro atoms. The van der Waals surface area contributed by atoms with Gasteiger partial charge in [-0.2, -0.15) is 0 Å². The van der Waals surface area contributed by atoms with Gasteiger partial charge in [-0.15, -0.1) is 0 Å². The quantitative estimate of drug-likeness (QED) is 0.799. The highest BCUT2D eigenvalue weighted by Gasteiger charge is 2.32. The molecule has 2 rings (SSSR count). The first-order valence-corrected chi connectivity index (χ1v) is 9.33. The number of benzene rings is 1. The van der Waals surface area contributed by atoms with Gasteiger partial charge in [0.15, 0.2) is 0 Å². The fourth-order valence-corrected chi connectivity index (χ4v) is 3.47. The third kappa shape index (κ3) is 4.21. The average molecular weight is 351 g/mol. The second kappa shape index (κ2) is 7.14. The summed E-state index contributed by atoms with van der Waals surface area (Å²) in [4.78, 5) is 25.3. The van der Waals surface area contributed by atoms with E-state index in [1.54, 1.807) is 36.2 Å². The van der Waals surface area contributed by atoms with E-state index in [0.29, 0.717) is 30.8 Å². The van der Waals surface area contributed by atoms with Gasteiger partial charge in [-0.1, -0.05) is 6.58 Å². The molecule has 1 fully saturated rings. The highest BCUT2D eigenvalue weighted by Crippen LogP contribution is 2.19. The molecule has 1 saturated heterocycles. The van der Waals surface area contributed by atoms with Gasteiger partial charge in [0.1, 0.15) is 0 Å². The molecule has 0 saturated carbocycles. The van der Waals surface area contributed by atoms with Crippen molar-refractivity contribution in [2.75, 3.05) is 31.7 Å². The van der Waals surface area contributed by atoms with Crippen molar-refractivity contribution >= 4 is 27.5 Å². The molecule has 1 heterocycles. The van der Waals surface area contributed by atoms with Crippen molar-refractivity contribution in [3.63, 3.8) is 0 Å². The molecule has 1 aromatic carbocycles. The summed E-state index contributed by atoms with van der Waals surface area (Å²) in [5, 5.41) is 2.61. The van der Waals surface area contributed by atoms with E-state index in [1.807, 2.05) is 0 Å². The second-order valence-corrected chi connectivity index (χ2v) is 7.73. The number of rotatable bonds is 5. The van der Waals surface area contributed by atoms with Crippen LogP contribution in [0.2, 0.25) is 0 Å². The topological polar surface area (TPSA) is 86.8 Å². The van der Waals surface area contributed by atoms with Gasteiger partial charge in [0.2, 0.25) is 15.9 Å². The number of nitrogens with one attached hydrogen (secondary N) is 1. The van der Waals surface area contributed by atoms with Crippen molar-refractivity contribution in [3.8, 4) is 0 Å². The molecule has 0 bridgehead atoms. The van der Waals surface area contributed by atoms with Gasteiger partial charge in [-0.3, -0.25) is 9.59 Å². The summed E-state index contributed by atoms with van der Waals surface area (Å²) in [7, 11) is -1.56. The molecule has 130 valence electrons. The number of sulfonamides is 1. The van der Waals surface area contributed by atoms with E-state index in [9.17, 15) is 18.0 Å². The summed E-state index contributed by atoms with van der Waals surface area (Å²) in [6.45, 7) is 4.11. The molecule has 0 aliphatic carbocycles. The van der Waals surface area contributed by atoms with Crippen molar-refractivity contribution in [2.24, 2.45) is 0 Å². The van der Waals surface area contributed by atoms with E-state index >= 15 is 0 Å². The lowest BCUT2D eigenvalue weighted by atomic mass is 10.1. The van der Waals surface area contributed by atoms with Crippen LogP contribution in [-0.2, 0) is 14.8 Å². The minimum Gasteiger partial charge on any atom is -0.337 e. The third-order valence-electron chi connectivity index (χ3n) is 4.05. The molecular weight excluding hydrogens is 330 g/mol. The van der Waals surface area contributed by atoms with Crippen LogP contribution in [0.15, 0.2) is 36.9 Å². The van der Waals surface area contributed by atoms with E-state index in [-0.39, 0.29) is 17.9 Å². The number of anilines is 1. The first kappa shape index (κ1) is 18.2. The van der Waals surface area contributed by atoms with Gasteiger partial charge in [0.25, 0.3) is 5.91 Å². The zero-order valence-corrected chi connectivity index (χ0v) is 14.5. The number of hydrogen-bond donors (Lipinski definition) is 1. The maximum atomic E-state index is 12.5. The Bertz CT molecular complexity index is 743. The van der Waals surface area contributed by atoms with Crippen LogP contribution in [0.25, 0.3) is 0 Å². The molecule has 1 unspecified atom stereocenters. The zero-order valence-electron chi connectivity index (χ0n) is 13.7. The first-order chi connectivity index (χ1) is 11.2.